The van der Waals surface area contributed by atoms with Crippen LogP contribution in [0.4, 0.5) is 4.79 Å². The fourth-order valence-corrected chi connectivity index (χ4v) is 2.87. The van der Waals surface area contributed by atoms with Gasteiger partial charge in [-0.05, 0) is 46.5 Å². The molecule has 12 heteroatoms. The Kier molecular flexibility index (Phi) is 10.1. The lowest BCUT2D eigenvalue weighted by molar-refractivity contribution is -0.139. The van der Waals surface area contributed by atoms with E-state index in [-0.39, 0.29) is 42.2 Å². The fourth-order valence-electron chi connectivity index (χ4n) is 2.87. The average Bonchev–Trinajstić information content (AvgIpc) is 3.07. The molecule has 0 saturated carbocycles. The molecule has 1 aromatic heterocycles. The van der Waals surface area contributed by atoms with Gasteiger partial charge < -0.3 is 36.4 Å². The third kappa shape index (κ3) is 9.38. The van der Waals surface area contributed by atoms with Gasteiger partial charge in [-0.2, -0.15) is 0 Å². The Morgan fingerprint density at radius 2 is 1.88 bits per heavy atom. The van der Waals surface area contributed by atoms with Crippen LogP contribution in [-0.2, 0) is 9.53 Å². The lowest BCUT2D eigenvalue weighted by Crippen LogP contribution is -2.41. The van der Waals surface area contributed by atoms with E-state index < -0.39 is 35.7 Å². The zero-order valence-electron chi connectivity index (χ0n) is 20.1. The first-order chi connectivity index (χ1) is 15.2. The maximum Gasteiger partial charge on any atom is 0.408 e. The molecule has 3 atom stereocenters. The van der Waals surface area contributed by atoms with Crippen molar-refractivity contribution in [2.75, 3.05) is 6.54 Å². The zero-order valence-corrected chi connectivity index (χ0v) is 20.1. The summed E-state index contributed by atoms with van der Waals surface area (Å²) in [4.78, 5) is 44.6. The van der Waals surface area contributed by atoms with Crippen LogP contribution >= 0.6 is 0 Å². The van der Waals surface area contributed by atoms with E-state index in [0.717, 1.165) is 0 Å². The van der Waals surface area contributed by atoms with E-state index in [0.29, 0.717) is 12.8 Å². The number of hydrogen-bond donors (Lipinski definition) is 5. The van der Waals surface area contributed by atoms with E-state index >= 15 is 0 Å². The number of guanidine groups is 1. The van der Waals surface area contributed by atoms with Crippen molar-refractivity contribution in [2.45, 2.75) is 78.5 Å². The Morgan fingerprint density at radius 1 is 1.24 bits per heavy atom. The molecule has 0 aliphatic carbocycles. The molecule has 0 fully saturated rings. The fraction of sp³-hybridized carbons (Fsp3) is 0.667. The number of nitrogens with two attached hydrogens (primary N) is 2. The number of carbonyl (C=O) groups is 3. The minimum absolute atomic E-state index is 0.0558. The van der Waals surface area contributed by atoms with E-state index in [2.05, 4.69) is 20.6 Å². The summed E-state index contributed by atoms with van der Waals surface area (Å²) in [6.45, 7) is 10.9. The second kappa shape index (κ2) is 12.1. The Hall–Kier alpha value is -3.31. The molecule has 12 nitrogen and oxygen atoms in total. The van der Waals surface area contributed by atoms with Crippen molar-refractivity contribution < 1.29 is 28.6 Å². The van der Waals surface area contributed by atoms with Gasteiger partial charge in [0.15, 0.2) is 11.7 Å². The highest BCUT2D eigenvalue weighted by Crippen LogP contribution is 2.26. The molecule has 0 unspecified atom stereocenters. The molecular formula is C21H36N6O6. The van der Waals surface area contributed by atoms with Crippen LogP contribution in [0.2, 0.25) is 0 Å². The number of aromatic nitrogens is 1. The molecule has 1 heterocycles. The summed E-state index contributed by atoms with van der Waals surface area (Å²) in [7, 11) is 0. The van der Waals surface area contributed by atoms with Crippen LogP contribution in [0.1, 0.15) is 82.1 Å². The van der Waals surface area contributed by atoms with Crippen LogP contribution in [0.25, 0.3) is 0 Å². The van der Waals surface area contributed by atoms with Crippen LogP contribution in [0.15, 0.2) is 9.41 Å². The molecule has 186 valence electrons. The van der Waals surface area contributed by atoms with Gasteiger partial charge in [0.2, 0.25) is 5.89 Å². The highest BCUT2D eigenvalue weighted by atomic mass is 16.6. The molecule has 0 saturated heterocycles. The number of oxazole rings is 1. The minimum atomic E-state index is -1.20. The SMILES string of the molecule is CC[C@H](C)[C@H](NC(=O)OC(C)(C)C)c1nc(C(=O)N[C@@H](CCCN=C(N)N)C(=O)O)c(C)o1. The number of alkyl carbamates (subject to hydrolysis) is 1. The van der Waals surface area contributed by atoms with Crippen molar-refractivity contribution >= 4 is 23.9 Å². The maximum atomic E-state index is 12.7. The molecule has 0 aliphatic rings. The minimum Gasteiger partial charge on any atom is -0.480 e. The van der Waals surface area contributed by atoms with Gasteiger partial charge in [-0.1, -0.05) is 20.3 Å². The van der Waals surface area contributed by atoms with Gasteiger partial charge in [0, 0.05) is 6.54 Å². The number of rotatable bonds is 11. The largest absolute Gasteiger partial charge is 0.480 e. The second-order valence-electron chi connectivity index (χ2n) is 8.78. The van der Waals surface area contributed by atoms with Gasteiger partial charge in [0.05, 0.1) is 0 Å². The molecule has 0 aromatic carbocycles. The number of nitrogens with one attached hydrogen (secondary N) is 2. The summed E-state index contributed by atoms with van der Waals surface area (Å²) >= 11 is 0. The molecule has 1 aromatic rings. The van der Waals surface area contributed by atoms with Crippen molar-refractivity contribution in [1.29, 1.82) is 0 Å². The van der Waals surface area contributed by atoms with Gasteiger partial charge in [0.1, 0.15) is 23.4 Å². The van der Waals surface area contributed by atoms with E-state index in [4.69, 9.17) is 20.6 Å². The average molecular weight is 469 g/mol. The molecule has 2 amide bonds. The van der Waals surface area contributed by atoms with Crippen molar-refractivity contribution in [2.24, 2.45) is 22.4 Å². The number of ether oxygens (including phenoxy) is 1. The van der Waals surface area contributed by atoms with Crippen LogP contribution in [-0.4, -0.2) is 52.2 Å². The Labute approximate surface area is 193 Å². The monoisotopic (exact) mass is 468 g/mol. The summed E-state index contributed by atoms with van der Waals surface area (Å²) in [6, 6.07) is -1.79. The highest BCUT2D eigenvalue weighted by Gasteiger charge is 2.31. The number of carbonyl (C=O) groups excluding carboxylic acids is 2. The van der Waals surface area contributed by atoms with Crippen molar-refractivity contribution in [3.05, 3.63) is 17.3 Å². The quantitative estimate of drug-likeness (QED) is 0.183. The zero-order chi connectivity index (χ0) is 25.3. The number of aliphatic carboxylic acids is 1. The van der Waals surface area contributed by atoms with Gasteiger partial charge in [-0.3, -0.25) is 9.79 Å². The van der Waals surface area contributed by atoms with E-state index in [1.54, 1.807) is 27.7 Å². The molecule has 0 spiro atoms. The molecule has 7 N–H and O–H groups in total. The predicted molar refractivity (Wildman–Crippen MR) is 122 cm³/mol. The standard InChI is InChI=1S/C21H36N6O6/c1-7-11(2)14(27-20(31)33-21(4,5)6)17-26-15(12(3)32-17)16(28)25-13(18(29)30)9-8-10-24-19(22)23/h11,13-14H,7-10H2,1-6H3,(H,25,28)(H,27,31)(H,29,30)(H4,22,23,24)/t11-,13-,14-/m0/s1. The number of nitrogens with zero attached hydrogens (tertiary/aromatic N) is 2. The smallest absolute Gasteiger partial charge is 0.408 e. The summed E-state index contributed by atoms with van der Waals surface area (Å²) in [5.41, 5.74) is 9.76. The summed E-state index contributed by atoms with van der Waals surface area (Å²) in [6.07, 6.45) is 0.535. The number of hydrogen-bond acceptors (Lipinski definition) is 7. The topological polar surface area (TPSA) is 195 Å². The Balaban J connectivity index is 3.00. The molecule has 0 aliphatic heterocycles. The first kappa shape index (κ1) is 27.7. The van der Waals surface area contributed by atoms with Crippen molar-refractivity contribution in [3.63, 3.8) is 0 Å². The highest BCUT2D eigenvalue weighted by molar-refractivity contribution is 5.95. The summed E-state index contributed by atoms with van der Waals surface area (Å²) < 4.78 is 11.0. The van der Waals surface area contributed by atoms with E-state index in [1.807, 2.05) is 13.8 Å². The normalized spacial score (nSPS) is 14.0. The Bertz CT molecular complexity index is 856. The molecular weight excluding hydrogens is 432 g/mol. The predicted octanol–water partition coefficient (Wildman–Crippen LogP) is 1.83. The lowest BCUT2D eigenvalue weighted by atomic mass is 9.99. The maximum absolute atomic E-state index is 12.7. The van der Waals surface area contributed by atoms with E-state index in [9.17, 15) is 19.5 Å². The summed E-state index contributed by atoms with van der Waals surface area (Å²) in [5.74, 6) is -1.72. The van der Waals surface area contributed by atoms with Gasteiger partial charge in [-0.15, -0.1) is 0 Å². The van der Waals surface area contributed by atoms with Gasteiger partial charge >= 0.3 is 12.1 Å². The lowest BCUT2D eigenvalue weighted by Gasteiger charge is -2.25. The van der Waals surface area contributed by atoms with Gasteiger partial charge in [-0.25, -0.2) is 14.6 Å². The third-order valence-electron chi connectivity index (χ3n) is 4.73. The van der Waals surface area contributed by atoms with Crippen LogP contribution in [0.3, 0.4) is 0 Å². The molecule has 0 bridgehead atoms. The first-order valence-corrected chi connectivity index (χ1v) is 10.8. The number of carboxylic acids is 1. The van der Waals surface area contributed by atoms with Crippen LogP contribution in [0.5, 0.6) is 0 Å². The van der Waals surface area contributed by atoms with Crippen LogP contribution < -0.4 is 22.1 Å². The van der Waals surface area contributed by atoms with Crippen LogP contribution in [0, 0.1) is 12.8 Å². The molecule has 0 radical (unpaired) electrons. The number of carboxylic acid groups (broad SMARTS) is 1. The van der Waals surface area contributed by atoms with Crippen molar-refractivity contribution in [3.8, 4) is 0 Å². The third-order valence-corrected chi connectivity index (χ3v) is 4.73. The molecule has 33 heavy (non-hydrogen) atoms. The van der Waals surface area contributed by atoms with Crippen molar-refractivity contribution in [1.82, 2.24) is 15.6 Å². The summed E-state index contributed by atoms with van der Waals surface area (Å²) in [5, 5.41) is 14.6. The first-order valence-electron chi connectivity index (χ1n) is 10.8. The number of amides is 2. The van der Waals surface area contributed by atoms with Gasteiger partial charge in [0.25, 0.3) is 5.91 Å². The Morgan fingerprint density at radius 3 is 2.39 bits per heavy atom. The number of aryl methyl sites for hydroxylation is 1. The number of aliphatic imine (C=N–C) groups is 1. The van der Waals surface area contributed by atoms with E-state index in [1.165, 1.54) is 0 Å². The second-order valence-corrected chi connectivity index (χ2v) is 8.78. The molecule has 1 rings (SSSR count).